The second-order valence-corrected chi connectivity index (χ2v) is 13.6. The summed E-state index contributed by atoms with van der Waals surface area (Å²) in [5, 5.41) is 7.08. The minimum absolute atomic E-state index is 0.0226. The van der Waals surface area contributed by atoms with Gasteiger partial charge in [-0.1, -0.05) is 98.8 Å². The van der Waals surface area contributed by atoms with Crippen LogP contribution in [0.25, 0.3) is 0 Å². The van der Waals surface area contributed by atoms with E-state index >= 15 is 0 Å². The third-order valence-electron chi connectivity index (χ3n) is 10.2. The third-order valence-corrected chi connectivity index (χ3v) is 10.2. The molecule has 0 saturated heterocycles. The lowest BCUT2D eigenvalue weighted by molar-refractivity contribution is -0.177. The maximum Gasteiger partial charge on any atom is 0.419 e. The zero-order valence-corrected chi connectivity index (χ0v) is 30.5. The summed E-state index contributed by atoms with van der Waals surface area (Å²) in [5.74, 6) is -0.466. The van der Waals surface area contributed by atoms with Gasteiger partial charge in [0.25, 0.3) is 0 Å². The van der Waals surface area contributed by atoms with Crippen LogP contribution in [0.2, 0.25) is 0 Å². The van der Waals surface area contributed by atoms with Gasteiger partial charge >= 0.3 is 11.9 Å². The number of rotatable bonds is 16. The summed E-state index contributed by atoms with van der Waals surface area (Å²) in [7, 11) is 0. The quantitative estimate of drug-likeness (QED) is 0.0687. The average molecular weight is 705 g/mol. The normalized spacial score (nSPS) is 17.6. The smallest absolute Gasteiger partial charge is 0.419 e. The van der Waals surface area contributed by atoms with E-state index < -0.39 is 24.4 Å². The molecule has 8 heteroatoms. The van der Waals surface area contributed by atoms with E-state index in [9.17, 15) is 9.59 Å². The number of fused-ring (bicyclic) bond motifs is 2. The first-order valence-electron chi connectivity index (χ1n) is 19.0. The molecule has 0 fully saturated rings. The fraction of sp³-hybridized carbons (Fsp3) is 0.409. The maximum atomic E-state index is 13.5. The van der Waals surface area contributed by atoms with Gasteiger partial charge in [-0.15, -0.1) is 0 Å². The number of carbonyl (C=O) groups is 2. The van der Waals surface area contributed by atoms with Crippen molar-refractivity contribution in [1.82, 2.24) is 10.6 Å². The van der Waals surface area contributed by atoms with Gasteiger partial charge < -0.3 is 18.9 Å². The van der Waals surface area contributed by atoms with Crippen LogP contribution in [0.3, 0.4) is 0 Å². The third kappa shape index (κ3) is 9.81. The van der Waals surface area contributed by atoms with E-state index in [4.69, 9.17) is 18.9 Å². The SMILES string of the molecule is CCc1ccccc1OCCC(NC1CCCc2ccccc21)OC(=O)C(=O)OC(CCOc1ccccc1CC)NC1CCCc2ccccc21. The largest absolute Gasteiger partial charge is 0.493 e. The highest BCUT2D eigenvalue weighted by Crippen LogP contribution is 2.32. The van der Waals surface area contributed by atoms with Crippen LogP contribution in [0, 0.1) is 0 Å². The molecule has 2 aliphatic carbocycles. The molecule has 2 N–H and O–H groups in total. The predicted molar refractivity (Wildman–Crippen MR) is 202 cm³/mol. The number of benzene rings is 4. The molecule has 0 amide bonds. The Hall–Kier alpha value is -4.66. The van der Waals surface area contributed by atoms with Crippen molar-refractivity contribution in [3.8, 4) is 11.5 Å². The summed E-state index contributed by atoms with van der Waals surface area (Å²) in [6, 6.07) is 32.5. The van der Waals surface area contributed by atoms with Gasteiger partial charge in [0.15, 0.2) is 12.5 Å². The van der Waals surface area contributed by atoms with Gasteiger partial charge in [0.2, 0.25) is 0 Å². The second kappa shape index (κ2) is 18.7. The van der Waals surface area contributed by atoms with E-state index in [1.54, 1.807) is 0 Å². The zero-order chi connectivity index (χ0) is 36.1. The van der Waals surface area contributed by atoms with Gasteiger partial charge in [0, 0.05) is 24.9 Å². The first-order valence-corrected chi connectivity index (χ1v) is 19.0. The number of hydrogen-bond acceptors (Lipinski definition) is 8. The highest BCUT2D eigenvalue weighted by atomic mass is 16.6. The molecule has 0 radical (unpaired) electrons. The highest BCUT2D eigenvalue weighted by Gasteiger charge is 2.31. The molecule has 4 unspecified atom stereocenters. The first kappa shape index (κ1) is 37.1. The van der Waals surface area contributed by atoms with Crippen molar-refractivity contribution in [1.29, 1.82) is 0 Å². The van der Waals surface area contributed by atoms with Crippen LogP contribution in [-0.4, -0.2) is 37.6 Å². The number of hydrogen-bond donors (Lipinski definition) is 2. The molecule has 2 aliphatic rings. The molecule has 4 aromatic carbocycles. The fourth-order valence-corrected chi connectivity index (χ4v) is 7.44. The Morgan fingerprint density at radius 3 is 1.44 bits per heavy atom. The standard InChI is InChI=1S/C44H52N2O6/c1-3-31-15-7-11-25-39(31)49-29-27-41(45-37-23-13-19-33-17-5-9-21-35(33)37)51-43(47)44(48)52-42(28-30-50-40-26-12-8-16-32(40)4-2)46-38-24-14-20-34-18-6-10-22-36(34)38/h5-12,15-18,21-22,25-26,37-38,41-42,45-46H,3-4,13-14,19-20,23-24,27-30H2,1-2H3. The second-order valence-electron chi connectivity index (χ2n) is 13.6. The molecule has 52 heavy (non-hydrogen) atoms. The van der Waals surface area contributed by atoms with Crippen LogP contribution >= 0.6 is 0 Å². The van der Waals surface area contributed by atoms with Crippen LogP contribution in [-0.2, 0) is 44.7 Å². The molecule has 0 aromatic heterocycles. The first-order chi connectivity index (χ1) is 25.5. The van der Waals surface area contributed by atoms with E-state index in [2.05, 4.69) is 60.9 Å². The number of ether oxygens (including phenoxy) is 4. The van der Waals surface area contributed by atoms with Crippen molar-refractivity contribution >= 4 is 11.9 Å². The Morgan fingerprint density at radius 2 is 1.00 bits per heavy atom. The van der Waals surface area contributed by atoms with Gasteiger partial charge in [-0.05, 0) is 96.9 Å². The number of aryl methyl sites for hydroxylation is 4. The van der Waals surface area contributed by atoms with Gasteiger partial charge in [-0.2, -0.15) is 0 Å². The van der Waals surface area contributed by atoms with Crippen molar-refractivity contribution < 1.29 is 28.5 Å². The molecule has 6 rings (SSSR count). The summed E-state index contributed by atoms with van der Waals surface area (Å²) < 4.78 is 24.2. The Labute approximate surface area is 308 Å². The van der Waals surface area contributed by atoms with Gasteiger partial charge in [0.05, 0.1) is 13.2 Å². The summed E-state index contributed by atoms with van der Waals surface area (Å²) in [4.78, 5) is 27.1. The average Bonchev–Trinajstić information content (AvgIpc) is 3.18. The molecule has 274 valence electrons. The lowest BCUT2D eigenvalue weighted by atomic mass is 9.87. The minimum atomic E-state index is -1.04. The van der Waals surface area contributed by atoms with Crippen molar-refractivity contribution in [2.45, 2.75) is 103 Å². The molecule has 4 atom stereocenters. The van der Waals surface area contributed by atoms with E-state index in [-0.39, 0.29) is 12.1 Å². The highest BCUT2D eigenvalue weighted by molar-refractivity contribution is 6.29. The molecule has 0 saturated carbocycles. The minimum Gasteiger partial charge on any atom is -0.493 e. The van der Waals surface area contributed by atoms with Gasteiger partial charge in [0.1, 0.15) is 11.5 Å². The van der Waals surface area contributed by atoms with Crippen LogP contribution in [0.1, 0.15) is 97.8 Å². The van der Waals surface area contributed by atoms with Crippen molar-refractivity contribution in [3.63, 3.8) is 0 Å². The number of nitrogens with one attached hydrogen (secondary N) is 2. The van der Waals surface area contributed by atoms with Crippen LogP contribution in [0.5, 0.6) is 11.5 Å². The molecular weight excluding hydrogens is 652 g/mol. The maximum absolute atomic E-state index is 13.5. The van der Waals surface area contributed by atoms with Crippen LogP contribution in [0.15, 0.2) is 97.1 Å². The summed E-state index contributed by atoms with van der Waals surface area (Å²) in [5.41, 5.74) is 7.16. The van der Waals surface area contributed by atoms with E-state index in [0.29, 0.717) is 26.1 Å². The summed E-state index contributed by atoms with van der Waals surface area (Å²) in [6.45, 7) is 4.78. The molecular formula is C44H52N2O6. The fourth-order valence-electron chi connectivity index (χ4n) is 7.44. The molecule has 0 spiro atoms. The Balaban J connectivity index is 1.14. The Morgan fingerprint density at radius 1 is 0.596 bits per heavy atom. The number of esters is 2. The van der Waals surface area contributed by atoms with Crippen LogP contribution in [0.4, 0.5) is 0 Å². The zero-order valence-electron chi connectivity index (χ0n) is 30.5. The molecule has 0 aliphatic heterocycles. The topological polar surface area (TPSA) is 95.1 Å². The van der Waals surface area contributed by atoms with Gasteiger partial charge in [-0.3, -0.25) is 10.6 Å². The van der Waals surface area contributed by atoms with E-state index in [1.807, 2.05) is 60.7 Å². The van der Waals surface area contributed by atoms with E-state index in [1.165, 1.54) is 22.3 Å². The van der Waals surface area contributed by atoms with Crippen LogP contribution < -0.4 is 20.1 Å². The molecule has 0 heterocycles. The summed E-state index contributed by atoms with van der Waals surface area (Å²) in [6.07, 6.45) is 6.68. The van der Waals surface area contributed by atoms with Gasteiger partial charge in [-0.25, -0.2) is 9.59 Å². The number of para-hydroxylation sites is 2. The predicted octanol–water partition coefficient (Wildman–Crippen LogP) is 8.12. The number of carbonyl (C=O) groups excluding carboxylic acids is 2. The molecule has 4 aromatic rings. The van der Waals surface area contributed by atoms with E-state index in [0.717, 1.165) is 74.0 Å². The lowest BCUT2D eigenvalue weighted by Gasteiger charge is -2.31. The monoisotopic (exact) mass is 704 g/mol. The van der Waals surface area contributed by atoms with Crippen molar-refractivity contribution in [3.05, 3.63) is 130 Å². The Bertz CT molecular complexity index is 1650. The summed E-state index contributed by atoms with van der Waals surface area (Å²) >= 11 is 0. The lowest BCUT2D eigenvalue weighted by Crippen LogP contribution is -2.43. The van der Waals surface area contributed by atoms with Crippen molar-refractivity contribution in [2.75, 3.05) is 13.2 Å². The molecule has 0 bridgehead atoms. The van der Waals surface area contributed by atoms with Crippen molar-refractivity contribution in [2.24, 2.45) is 0 Å². The molecule has 8 nitrogen and oxygen atoms in total. The Kier molecular flexibility index (Phi) is 13.4.